The van der Waals surface area contributed by atoms with Gasteiger partial charge in [0.25, 0.3) is 0 Å². The molecule has 0 unspecified atom stereocenters. The normalized spacial score (nSPS) is 11.8. The predicted molar refractivity (Wildman–Crippen MR) is 172 cm³/mol. The number of anilines is 3. The fourth-order valence-electron chi connectivity index (χ4n) is 5.04. The first-order valence-corrected chi connectivity index (χ1v) is 16.1. The van der Waals surface area contributed by atoms with Gasteiger partial charge in [0.1, 0.15) is 0 Å². The van der Waals surface area contributed by atoms with Crippen LogP contribution in [0.1, 0.15) is 0 Å². The Morgan fingerprint density at radius 2 is 1.24 bits per heavy atom. The topological polar surface area (TPSA) is 29.0 Å². The van der Waals surface area contributed by atoms with Crippen molar-refractivity contribution in [3.8, 4) is 22.3 Å². The van der Waals surface area contributed by atoms with Crippen LogP contribution in [0.3, 0.4) is 0 Å². The molecule has 4 aromatic carbocycles. The Bertz CT molecular complexity index is 1670. The Kier molecular flexibility index (Phi) is 7.35. The summed E-state index contributed by atoms with van der Waals surface area (Å²) in [5.41, 5.74) is 7.93. The van der Waals surface area contributed by atoms with Crippen LogP contribution in [0.4, 0.5) is 17.1 Å². The Labute approximate surface area is 244 Å². The van der Waals surface area contributed by atoms with Crippen molar-refractivity contribution in [2.24, 2.45) is 0 Å². The summed E-state index contributed by atoms with van der Waals surface area (Å²) in [4.78, 5) is 13.8. The third-order valence-corrected chi connectivity index (χ3v) is 7.73. The second-order valence-electron chi connectivity index (χ2n) is 8.72. The average Bonchev–Trinajstić information content (AvgIpc) is 3.01. The van der Waals surface area contributed by atoms with Crippen molar-refractivity contribution in [2.75, 3.05) is 4.90 Å². The van der Waals surface area contributed by atoms with Gasteiger partial charge in [0.2, 0.25) is 0 Å². The first-order valence-electron chi connectivity index (χ1n) is 12.1. The summed E-state index contributed by atoms with van der Waals surface area (Å²) in [7, 11) is 3.50. The molecule has 1 aliphatic heterocycles. The summed E-state index contributed by atoms with van der Waals surface area (Å²) < 4.78 is 0. The van der Waals surface area contributed by atoms with E-state index in [0.29, 0.717) is 0 Å². The highest BCUT2D eigenvalue weighted by Crippen LogP contribution is 2.56. The first kappa shape index (κ1) is 25.0. The van der Waals surface area contributed by atoms with Crippen LogP contribution in [-0.4, -0.2) is 9.97 Å². The highest BCUT2D eigenvalue weighted by atomic mass is 127. The van der Waals surface area contributed by atoms with Gasteiger partial charge in [-0.15, -0.1) is 9.80 Å². The maximum Gasteiger partial charge on any atom is 0.0680 e. The molecule has 184 valence electrons. The number of rotatable bonds is 3. The van der Waals surface area contributed by atoms with Crippen LogP contribution in [0, 0.1) is 0 Å². The molecular formula is C32H22IN3S2. The molecule has 2 aromatic heterocycles. The number of hydrogen-bond donors (Lipinski definition) is 1. The quantitative estimate of drug-likeness (QED) is 0.154. The SMILES string of the molecule is SI.c1cncc(-c2cccc(-c3cccnc3)c2N2c3ccccc3Sc3ccc4ccccc4c32)c1. The summed E-state index contributed by atoms with van der Waals surface area (Å²) in [6.45, 7) is 0. The highest BCUT2D eigenvalue weighted by molar-refractivity contribution is 14.2. The minimum atomic E-state index is 1.08. The summed E-state index contributed by atoms with van der Waals surface area (Å²) in [5, 5.41) is 2.46. The fraction of sp³-hybridized carbons (Fsp3) is 0. The number of hydrogen-bond acceptors (Lipinski definition) is 5. The van der Waals surface area contributed by atoms with E-state index in [9.17, 15) is 0 Å². The number of fused-ring (bicyclic) bond motifs is 4. The second kappa shape index (κ2) is 11.2. The predicted octanol–water partition coefficient (Wildman–Crippen LogP) is 10.2. The molecule has 0 atom stereocenters. The number of pyridine rings is 2. The van der Waals surface area contributed by atoms with Gasteiger partial charge in [-0.2, -0.15) is 0 Å². The van der Waals surface area contributed by atoms with Crippen LogP contribution in [0.2, 0.25) is 0 Å². The van der Waals surface area contributed by atoms with E-state index >= 15 is 0 Å². The average molecular weight is 640 g/mol. The monoisotopic (exact) mass is 639 g/mol. The zero-order valence-corrected chi connectivity index (χ0v) is 24.1. The first-order chi connectivity index (χ1) is 18.9. The molecule has 3 heterocycles. The van der Waals surface area contributed by atoms with Gasteiger partial charge in [0, 0.05) is 62.2 Å². The zero-order chi connectivity index (χ0) is 25.9. The van der Waals surface area contributed by atoms with E-state index in [1.54, 1.807) is 0 Å². The number of halogens is 1. The Morgan fingerprint density at radius 3 is 1.92 bits per heavy atom. The summed E-state index contributed by atoms with van der Waals surface area (Å²) in [6.07, 6.45) is 7.54. The molecule has 0 radical (unpaired) electrons. The van der Waals surface area contributed by atoms with Gasteiger partial charge in [-0.25, -0.2) is 0 Å². The molecule has 0 N–H and O–H groups in total. The van der Waals surface area contributed by atoms with E-state index in [1.807, 2.05) is 69.9 Å². The smallest absolute Gasteiger partial charge is 0.0680 e. The standard InChI is InChI=1S/C32H21N3S.HIS/c1-2-11-25-22(8-1)16-17-30-32(25)35(28-14-3-4-15-29(28)36-30)31-26(23-9-6-18-33-20-23)12-5-13-27(31)24-10-7-19-34-21-24;1-2/h1-21H;2H. The van der Waals surface area contributed by atoms with Crippen molar-refractivity contribution in [1.29, 1.82) is 0 Å². The van der Waals surface area contributed by atoms with Crippen LogP contribution in [0.5, 0.6) is 0 Å². The van der Waals surface area contributed by atoms with E-state index in [1.165, 1.54) is 31.9 Å². The molecule has 7 rings (SSSR count). The van der Waals surface area contributed by atoms with Crippen LogP contribution in [0.25, 0.3) is 33.0 Å². The molecule has 6 heteroatoms. The lowest BCUT2D eigenvalue weighted by Crippen LogP contribution is -2.17. The second-order valence-corrected chi connectivity index (χ2v) is 9.81. The van der Waals surface area contributed by atoms with E-state index in [4.69, 9.17) is 0 Å². The third kappa shape index (κ3) is 4.46. The van der Waals surface area contributed by atoms with Gasteiger partial charge in [-0.3, -0.25) is 9.97 Å². The van der Waals surface area contributed by atoms with Gasteiger partial charge in [0.15, 0.2) is 0 Å². The molecule has 0 fully saturated rings. The minimum Gasteiger partial charge on any atom is -0.306 e. The minimum absolute atomic E-state index is 1.08. The maximum atomic E-state index is 4.45. The summed E-state index contributed by atoms with van der Waals surface area (Å²) in [5.74, 6) is 0. The van der Waals surface area contributed by atoms with Crippen LogP contribution in [-0.2, 0) is 0 Å². The van der Waals surface area contributed by atoms with E-state index in [2.05, 4.69) is 116 Å². The molecule has 0 amide bonds. The van der Waals surface area contributed by atoms with Crippen molar-refractivity contribution in [1.82, 2.24) is 9.97 Å². The van der Waals surface area contributed by atoms with E-state index in [0.717, 1.165) is 27.9 Å². The lowest BCUT2D eigenvalue weighted by atomic mass is 9.95. The van der Waals surface area contributed by atoms with Crippen molar-refractivity contribution in [2.45, 2.75) is 9.79 Å². The van der Waals surface area contributed by atoms with Gasteiger partial charge in [0.05, 0.1) is 17.1 Å². The molecule has 6 aromatic rings. The zero-order valence-electron chi connectivity index (χ0n) is 20.2. The van der Waals surface area contributed by atoms with Crippen molar-refractivity contribution in [3.63, 3.8) is 0 Å². The van der Waals surface area contributed by atoms with Crippen LogP contribution in [0.15, 0.2) is 138 Å². The molecule has 0 saturated heterocycles. The molecule has 0 bridgehead atoms. The number of nitrogens with zero attached hydrogens (tertiary/aromatic N) is 3. The lowest BCUT2D eigenvalue weighted by Gasteiger charge is -2.36. The lowest BCUT2D eigenvalue weighted by molar-refractivity contribution is 1.18. The molecule has 3 nitrogen and oxygen atoms in total. The Balaban J connectivity index is 0.00000129. The highest BCUT2D eigenvalue weighted by Gasteiger charge is 2.30. The Morgan fingerprint density at radius 1 is 0.579 bits per heavy atom. The molecular weight excluding hydrogens is 617 g/mol. The molecule has 1 aliphatic rings. The van der Waals surface area contributed by atoms with Crippen molar-refractivity contribution >= 4 is 70.6 Å². The van der Waals surface area contributed by atoms with Crippen molar-refractivity contribution in [3.05, 3.63) is 128 Å². The van der Waals surface area contributed by atoms with Crippen LogP contribution < -0.4 is 4.90 Å². The number of aromatic nitrogens is 2. The molecule has 0 spiro atoms. The number of benzene rings is 4. The summed E-state index contributed by atoms with van der Waals surface area (Å²) in [6, 6.07) is 36.6. The molecule has 0 saturated carbocycles. The van der Waals surface area contributed by atoms with Crippen molar-refractivity contribution < 1.29 is 0 Å². The number of para-hydroxylation sites is 2. The van der Waals surface area contributed by atoms with Gasteiger partial charge in [-0.05, 0) is 56.9 Å². The molecule has 38 heavy (non-hydrogen) atoms. The molecule has 0 aliphatic carbocycles. The van der Waals surface area contributed by atoms with E-state index in [-0.39, 0.29) is 0 Å². The van der Waals surface area contributed by atoms with Gasteiger partial charge in [-0.1, -0.05) is 84.6 Å². The van der Waals surface area contributed by atoms with Gasteiger partial charge < -0.3 is 4.90 Å². The van der Waals surface area contributed by atoms with E-state index < -0.39 is 0 Å². The Hall–Kier alpha value is -3.33. The van der Waals surface area contributed by atoms with Crippen LogP contribution >= 0.6 is 42.8 Å². The largest absolute Gasteiger partial charge is 0.306 e. The fourth-order valence-corrected chi connectivity index (χ4v) is 6.12. The van der Waals surface area contributed by atoms with Gasteiger partial charge >= 0.3 is 0 Å². The third-order valence-electron chi connectivity index (χ3n) is 6.62. The summed E-state index contributed by atoms with van der Waals surface area (Å²) >= 11 is 3.68. The number of thiol groups is 1. The maximum absolute atomic E-state index is 4.45.